The number of anilines is 1. The van der Waals surface area contributed by atoms with Crippen LogP contribution in [0.4, 0.5) is 11.5 Å². The molecule has 0 bridgehead atoms. The van der Waals surface area contributed by atoms with E-state index in [1.54, 1.807) is 0 Å². The molecule has 1 amide bonds. The minimum Gasteiger partial charge on any atom is -0.370 e. The van der Waals surface area contributed by atoms with Crippen LogP contribution < -0.4 is 10.6 Å². The van der Waals surface area contributed by atoms with E-state index >= 15 is 0 Å². The van der Waals surface area contributed by atoms with Crippen molar-refractivity contribution in [2.45, 2.75) is 33.7 Å². The second-order valence-electron chi connectivity index (χ2n) is 4.88. The first-order valence-electron chi connectivity index (χ1n) is 6.56. The zero-order valence-electron chi connectivity index (χ0n) is 12.1. The number of hydrogen-bond acceptors (Lipinski definition) is 5. The van der Waals surface area contributed by atoms with Crippen LogP contribution in [0.3, 0.4) is 0 Å². The fourth-order valence-electron chi connectivity index (χ4n) is 1.49. The molecule has 110 valence electrons. The van der Waals surface area contributed by atoms with Crippen LogP contribution in [0.15, 0.2) is 12.3 Å². The van der Waals surface area contributed by atoms with E-state index in [-0.39, 0.29) is 29.1 Å². The molecule has 0 spiro atoms. The van der Waals surface area contributed by atoms with Crippen LogP contribution in [0, 0.1) is 16.0 Å². The van der Waals surface area contributed by atoms with Gasteiger partial charge in [-0.25, -0.2) is 4.98 Å². The molecule has 1 aromatic heterocycles. The van der Waals surface area contributed by atoms with Crippen molar-refractivity contribution in [1.82, 2.24) is 10.3 Å². The molecule has 7 nitrogen and oxygen atoms in total. The minimum absolute atomic E-state index is 0.0313. The fraction of sp³-hybridized carbons (Fsp3) is 0.538. The summed E-state index contributed by atoms with van der Waals surface area (Å²) < 4.78 is 0. The average molecular weight is 280 g/mol. The largest absolute Gasteiger partial charge is 0.370 e. The molecule has 1 unspecified atom stereocenters. The van der Waals surface area contributed by atoms with Crippen molar-refractivity contribution in [3.63, 3.8) is 0 Å². The van der Waals surface area contributed by atoms with Gasteiger partial charge in [0.15, 0.2) is 0 Å². The Morgan fingerprint density at radius 3 is 2.60 bits per heavy atom. The highest BCUT2D eigenvalue weighted by Gasteiger charge is 2.20. The van der Waals surface area contributed by atoms with E-state index in [1.807, 2.05) is 27.7 Å². The Kier molecular flexibility index (Phi) is 5.42. The first kappa shape index (κ1) is 15.9. The zero-order valence-corrected chi connectivity index (χ0v) is 12.1. The van der Waals surface area contributed by atoms with E-state index in [4.69, 9.17) is 0 Å². The summed E-state index contributed by atoms with van der Waals surface area (Å²) >= 11 is 0. The molecular formula is C13H20N4O3. The van der Waals surface area contributed by atoms with Gasteiger partial charge in [-0.3, -0.25) is 14.9 Å². The third-order valence-corrected chi connectivity index (χ3v) is 3.03. The molecule has 1 rings (SSSR count). The molecule has 1 aromatic rings. The number of nitrogens with zero attached hydrogens (tertiary/aromatic N) is 2. The van der Waals surface area contributed by atoms with Gasteiger partial charge in [0.05, 0.1) is 10.5 Å². The van der Waals surface area contributed by atoms with Crippen molar-refractivity contribution >= 4 is 17.4 Å². The highest BCUT2D eigenvalue weighted by Crippen LogP contribution is 2.19. The summed E-state index contributed by atoms with van der Waals surface area (Å²) in [7, 11) is 0. The predicted octanol–water partition coefficient (Wildman–Crippen LogP) is 2.20. The fourth-order valence-corrected chi connectivity index (χ4v) is 1.49. The number of carbonyl (C=O) groups is 1. The van der Waals surface area contributed by atoms with Crippen molar-refractivity contribution in [2.24, 2.45) is 5.92 Å². The third kappa shape index (κ3) is 3.91. The van der Waals surface area contributed by atoms with Gasteiger partial charge in [0.2, 0.25) is 0 Å². The van der Waals surface area contributed by atoms with Crippen LogP contribution in [0.25, 0.3) is 0 Å². The maximum Gasteiger partial charge on any atom is 0.288 e. The van der Waals surface area contributed by atoms with E-state index in [2.05, 4.69) is 15.6 Å². The second-order valence-corrected chi connectivity index (χ2v) is 4.88. The SMILES string of the molecule is CCNc1ncc([N+](=O)[O-])cc1C(=O)NC(C)C(C)C. The Labute approximate surface area is 117 Å². The van der Waals surface area contributed by atoms with Gasteiger partial charge in [0.1, 0.15) is 12.0 Å². The van der Waals surface area contributed by atoms with Crippen LogP contribution in [-0.4, -0.2) is 28.4 Å². The number of rotatable bonds is 6. The minimum atomic E-state index is -0.564. The Balaban J connectivity index is 3.08. The number of carbonyl (C=O) groups excluding carboxylic acids is 1. The highest BCUT2D eigenvalue weighted by atomic mass is 16.6. The monoisotopic (exact) mass is 280 g/mol. The summed E-state index contributed by atoms with van der Waals surface area (Å²) in [5.41, 5.74) is -0.0115. The molecule has 0 saturated heterocycles. The summed E-state index contributed by atoms with van der Waals surface area (Å²) in [6.07, 6.45) is 1.14. The Morgan fingerprint density at radius 1 is 1.45 bits per heavy atom. The smallest absolute Gasteiger partial charge is 0.288 e. The molecule has 1 atom stereocenters. The quantitative estimate of drug-likeness (QED) is 0.615. The van der Waals surface area contributed by atoms with Crippen LogP contribution in [0.5, 0.6) is 0 Å². The van der Waals surface area contributed by atoms with Crippen LogP contribution in [0.1, 0.15) is 38.1 Å². The molecule has 0 radical (unpaired) electrons. The number of nitro groups is 1. The van der Waals surface area contributed by atoms with Crippen molar-refractivity contribution in [3.8, 4) is 0 Å². The van der Waals surface area contributed by atoms with E-state index < -0.39 is 4.92 Å². The maximum absolute atomic E-state index is 12.2. The molecule has 0 fully saturated rings. The zero-order chi connectivity index (χ0) is 15.3. The van der Waals surface area contributed by atoms with E-state index in [0.29, 0.717) is 12.4 Å². The van der Waals surface area contributed by atoms with Crippen molar-refractivity contribution in [2.75, 3.05) is 11.9 Å². The van der Waals surface area contributed by atoms with Gasteiger partial charge < -0.3 is 10.6 Å². The lowest BCUT2D eigenvalue weighted by Crippen LogP contribution is -2.36. The number of aromatic nitrogens is 1. The second kappa shape index (κ2) is 6.83. The topological polar surface area (TPSA) is 97.2 Å². The molecule has 0 aliphatic carbocycles. The first-order valence-corrected chi connectivity index (χ1v) is 6.56. The summed E-state index contributed by atoms with van der Waals surface area (Å²) in [6.45, 7) is 8.30. The van der Waals surface area contributed by atoms with E-state index in [0.717, 1.165) is 6.20 Å². The van der Waals surface area contributed by atoms with E-state index in [9.17, 15) is 14.9 Å². The average Bonchev–Trinajstić information content (AvgIpc) is 2.38. The first-order chi connectivity index (χ1) is 9.36. The van der Waals surface area contributed by atoms with Gasteiger partial charge in [0.25, 0.3) is 11.6 Å². The summed E-state index contributed by atoms with van der Waals surface area (Å²) in [5.74, 6) is 0.262. The van der Waals surface area contributed by atoms with Gasteiger partial charge in [0, 0.05) is 18.7 Å². The lowest BCUT2D eigenvalue weighted by molar-refractivity contribution is -0.385. The Bertz CT molecular complexity index is 502. The van der Waals surface area contributed by atoms with E-state index in [1.165, 1.54) is 6.07 Å². The standard InChI is InChI=1S/C13H20N4O3/c1-5-14-12-11(6-10(7-15-12)17(19)20)13(18)16-9(4)8(2)3/h6-9H,5H2,1-4H3,(H,14,15)(H,16,18). The predicted molar refractivity (Wildman–Crippen MR) is 76.8 cm³/mol. The number of amides is 1. The molecule has 1 heterocycles. The molecule has 20 heavy (non-hydrogen) atoms. The van der Waals surface area contributed by atoms with Crippen molar-refractivity contribution in [1.29, 1.82) is 0 Å². The lowest BCUT2D eigenvalue weighted by Gasteiger charge is -2.18. The van der Waals surface area contributed by atoms with Gasteiger partial charge in [-0.2, -0.15) is 0 Å². The van der Waals surface area contributed by atoms with Crippen LogP contribution in [0.2, 0.25) is 0 Å². The maximum atomic E-state index is 12.2. The van der Waals surface area contributed by atoms with Gasteiger partial charge in [-0.15, -0.1) is 0 Å². The van der Waals surface area contributed by atoms with Crippen molar-refractivity contribution < 1.29 is 9.72 Å². The van der Waals surface area contributed by atoms with Crippen LogP contribution in [-0.2, 0) is 0 Å². The summed E-state index contributed by atoms with van der Waals surface area (Å²) in [5, 5.41) is 16.5. The molecule has 0 aromatic carbocycles. The van der Waals surface area contributed by atoms with Gasteiger partial charge >= 0.3 is 0 Å². The molecule has 0 aliphatic heterocycles. The van der Waals surface area contributed by atoms with Crippen LogP contribution >= 0.6 is 0 Å². The van der Waals surface area contributed by atoms with Gasteiger partial charge in [-0.1, -0.05) is 13.8 Å². The normalized spacial score (nSPS) is 12.1. The molecule has 2 N–H and O–H groups in total. The molecule has 0 aliphatic rings. The third-order valence-electron chi connectivity index (χ3n) is 3.03. The summed E-state index contributed by atoms with van der Waals surface area (Å²) in [4.78, 5) is 26.4. The number of nitrogens with one attached hydrogen (secondary N) is 2. The Hall–Kier alpha value is -2.18. The summed E-state index contributed by atoms with van der Waals surface area (Å²) in [6, 6.07) is 1.21. The van der Waals surface area contributed by atoms with Gasteiger partial charge in [-0.05, 0) is 19.8 Å². The molecule has 7 heteroatoms. The van der Waals surface area contributed by atoms with Crippen molar-refractivity contribution in [3.05, 3.63) is 27.9 Å². The highest BCUT2D eigenvalue weighted by molar-refractivity contribution is 5.99. The molecular weight excluding hydrogens is 260 g/mol. The number of pyridine rings is 1. The lowest BCUT2D eigenvalue weighted by atomic mass is 10.1. The molecule has 0 saturated carbocycles. The number of hydrogen-bond donors (Lipinski definition) is 2. The Morgan fingerprint density at radius 2 is 2.10 bits per heavy atom.